The molecule has 0 saturated heterocycles. The molecule has 1 atom stereocenters. The van der Waals surface area contributed by atoms with E-state index in [0.717, 1.165) is 6.07 Å². The maximum absolute atomic E-state index is 13.0. The molecule has 1 rings (SSSR count). The summed E-state index contributed by atoms with van der Waals surface area (Å²) in [6.45, 7) is 0.645. The Balaban J connectivity index is 2.81. The number of halogens is 4. The van der Waals surface area contributed by atoms with Crippen LogP contribution in [0.4, 0.5) is 17.6 Å². The molecule has 1 unspecified atom stereocenters. The molecule has 0 amide bonds. The summed E-state index contributed by atoms with van der Waals surface area (Å²) in [6, 6.07) is 5.54. The van der Waals surface area contributed by atoms with Gasteiger partial charge < -0.3 is 5.32 Å². The van der Waals surface area contributed by atoms with E-state index in [-0.39, 0.29) is 5.56 Å². The van der Waals surface area contributed by atoms with Gasteiger partial charge in [-0.25, -0.2) is 4.39 Å². The molecule has 90 valence electrons. The zero-order valence-corrected chi connectivity index (χ0v) is 8.81. The first-order valence-electron chi connectivity index (χ1n) is 4.89. The Morgan fingerprint density at radius 1 is 1.31 bits per heavy atom. The Hall–Kier alpha value is -1.10. The van der Waals surface area contributed by atoms with E-state index >= 15 is 0 Å². The van der Waals surface area contributed by atoms with Crippen LogP contribution in [0.2, 0.25) is 0 Å². The molecule has 0 bridgehead atoms. The molecule has 1 N–H and O–H groups in total. The van der Waals surface area contributed by atoms with Crippen LogP contribution in [0, 0.1) is 0 Å². The summed E-state index contributed by atoms with van der Waals surface area (Å²) in [5.74, 6) is 0. The number of rotatable bonds is 4. The molecule has 1 aromatic rings. The standard InChI is InChI=1S/C11H13F4N/c1-16-6-5-8-3-2-4-9(7-8)10(12)11(13,14)15/h2-4,7,10,16H,5-6H2,1H3. The minimum absolute atomic E-state index is 0.332. The number of benzene rings is 1. The molecule has 0 saturated carbocycles. The monoisotopic (exact) mass is 235 g/mol. The Bertz CT molecular complexity index is 335. The maximum atomic E-state index is 13.0. The van der Waals surface area contributed by atoms with Crippen LogP contribution in [0.1, 0.15) is 17.3 Å². The Morgan fingerprint density at radius 3 is 2.56 bits per heavy atom. The van der Waals surface area contributed by atoms with E-state index in [1.807, 2.05) is 0 Å². The fourth-order valence-electron chi connectivity index (χ4n) is 1.36. The van der Waals surface area contributed by atoms with Crippen molar-refractivity contribution in [1.29, 1.82) is 0 Å². The van der Waals surface area contributed by atoms with Crippen LogP contribution in [-0.2, 0) is 6.42 Å². The summed E-state index contributed by atoms with van der Waals surface area (Å²) >= 11 is 0. The zero-order valence-electron chi connectivity index (χ0n) is 8.81. The highest BCUT2D eigenvalue weighted by Gasteiger charge is 2.41. The van der Waals surface area contributed by atoms with Crippen LogP contribution in [0.3, 0.4) is 0 Å². The van der Waals surface area contributed by atoms with E-state index < -0.39 is 12.3 Å². The van der Waals surface area contributed by atoms with E-state index in [9.17, 15) is 17.6 Å². The smallest absolute Gasteiger partial charge is 0.319 e. The second kappa shape index (κ2) is 5.30. The Morgan fingerprint density at radius 2 is 2.00 bits per heavy atom. The number of nitrogens with one attached hydrogen (secondary N) is 1. The van der Waals surface area contributed by atoms with Gasteiger partial charge in [-0.1, -0.05) is 24.3 Å². The lowest BCUT2D eigenvalue weighted by Gasteiger charge is -2.13. The van der Waals surface area contributed by atoms with Crippen molar-refractivity contribution in [1.82, 2.24) is 5.32 Å². The van der Waals surface area contributed by atoms with Gasteiger partial charge in [0.1, 0.15) is 0 Å². The second-order valence-corrected chi connectivity index (χ2v) is 3.50. The normalized spacial score (nSPS) is 13.8. The number of alkyl halides is 4. The third-order valence-corrected chi connectivity index (χ3v) is 2.19. The van der Waals surface area contributed by atoms with Crippen LogP contribution in [-0.4, -0.2) is 19.8 Å². The van der Waals surface area contributed by atoms with Crippen molar-refractivity contribution in [3.63, 3.8) is 0 Å². The van der Waals surface area contributed by atoms with Gasteiger partial charge in [0.05, 0.1) is 0 Å². The first kappa shape index (κ1) is 13.0. The maximum Gasteiger partial charge on any atom is 0.423 e. The molecule has 0 aliphatic carbocycles. The van der Waals surface area contributed by atoms with Crippen molar-refractivity contribution in [2.24, 2.45) is 0 Å². The molecule has 0 aliphatic heterocycles. The van der Waals surface area contributed by atoms with Crippen LogP contribution in [0.15, 0.2) is 24.3 Å². The van der Waals surface area contributed by atoms with Gasteiger partial charge in [-0.3, -0.25) is 0 Å². The predicted octanol–water partition coefficient (Wildman–Crippen LogP) is 3.02. The number of likely N-dealkylation sites (N-methyl/N-ethyl adjacent to an activating group) is 1. The summed E-state index contributed by atoms with van der Waals surface area (Å²) < 4.78 is 49.4. The van der Waals surface area contributed by atoms with Crippen molar-refractivity contribution in [3.05, 3.63) is 35.4 Å². The largest absolute Gasteiger partial charge is 0.423 e. The summed E-state index contributed by atoms with van der Waals surface area (Å²) in [4.78, 5) is 0. The van der Waals surface area contributed by atoms with Crippen LogP contribution in [0.5, 0.6) is 0 Å². The van der Waals surface area contributed by atoms with Crippen LogP contribution >= 0.6 is 0 Å². The van der Waals surface area contributed by atoms with E-state index in [4.69, 9.17) is 0 Å². The topological polar surface area (TPSA) is 12.0 Å². The minimum atomic E-state index is -4.83. The fraction of sp³-hybridized carbons (Fsp3) is 0.455. The lowest BCUT2D eigenvalue weighted by molar-refractivity contribution is -0.182. The SMILES string of the molecule is CNCCc1cccc(C(F)C(F)(F)F)c1. The first-order chi connectivity index (χ1) is 7.45. The fourth-order valence-corrected chi connectivity index (χ4v) is 1.36. The molecule has 5 heteroatoms. The average molecular weight is 235 g/mol. The van der Waals surface area contributed by atoms with Gasteiger partial charge in [0.25, 0.3) is 0 Å². The molecule has 0 aromatic heterocycles. The number of hydrogen-bond acceptors (Lipinski definition) is 1. The van der Waals surface area contributed by atoms with E-state index in [1.54, 1.807) is 13.1 Å². The summed E-state index contributed by atoms with van der Waals surface area (Å²) in [6.07, 6.45) is -7.15. The van der Waals surface area contributed by atoms with Gasteiger partial charge in [-0.15, -0.1) is 0 Å². The van der Waals surface area contributed by atoms with E-state index in [0.29, 0.717) is 18.5 Å². The Labute approximate surface area is 91.5 Å². The first-order valence-corrected chi connectivity index (χ1v) is 4.89. The summed E-state index contributed by atoms with van der Waals surface area (Å²) in [5.41, 5.74) is 0.361. The summed E-state index contributed by atoms with van der Waals surface area (Å²) in [5, 5.41) is 2.88. The van der Waals surface area contributed by atoms with Crippen LogP contribution < -0.4 is 5.32 Å². The minimum Gasteiger partial charge on any atom is -0.319 e. The van der Waals surface area contributed by atoms with Crippen molar-refractivity contribution >= 4 is 0 Å². The van der Waals surface area contributed by atoms with Crippen molar-refractivity contribution in [3.8, 4) is 0 Å². The predicted molar refractivity (Wildman–Crippen MR) is 54.0 cm³/mol. The van der Waals surface area contributed by atoms with Gasteiger partial charge >= 0.3 is 6.18 Å². The second-order valence-electron chi connectivity index (χ2n) is 3.50. The van der Waals surface area contributed by atoms with Crippen molar-refractivity contribution in [2.45, 2.75) is 18.8 Å². The number of hydrogen-bond donors (Lipinski definition) is 1. The zero-order chi connectivity index (χ0) is 12.2. The Kier molecular flexibility index (Phi) is 4.29. The molecule has 0 radical (unpaired) electrons. The summed E-state index contributed by atoms with van der Waals surface area (Å²) in [7, 11) is 1.75. The van der Waals surface area contributed by atoms with Gasteiger partial charge in [0.15, 0.2) is 0 Å². The van der Waals surface area contributed by atoms with Crippen molar-refractivity contribution < 1.29 is 17.6 Å². The molecule has 0 heterocycles. The lowest BCUT2D eigenvalue weighted by atomic mass is 10.0. The molecular formula is C11H13F4N. The van der Waals surface area contributed by atoms with Gasteiger partial charge in [-0.2, -0.15) is 13.2 Å². The van der Waals surface area contributed by atoms with Crippen LogP contribution in [0.25, 0.3) is 0 Å². The highest BCUT2D eigenvalue weighted by Crippen LogP contribution is 2.35. The molecule has 0 spiro atoms. The quantitative estimate of drug-likeness (QED) is 0.791. The molecular weight excluding hydrogens is 222 g/mol. The highest BCUT2D eigenvalue weighted by molar-refractivity contribution is 5.26. The van der Waals surface area contributed by atoms with E-state index in [1.165, 1.54) is 12.1 Å². The van der Waals surface area contributed by atoms with Gasteiger partial charge in [-0.05, 0) is 31.1 Å². The molecule has 1 aromatic carbocycles. The third-order valence-electron chi connectivity index (χ3n) is 2.19. The molecule has 16 heavy (non-hydrogen) atoms. The molecule has 0 fully saturated rings. The molecule has 1 nitrogen and oxygen atoms in total. The van der Waals surface area contributed by atoms with Crippen molar-refractivity contribution in [2.75, 3.05) is 13.6 Å². The lowest BCUT2D eigenvalue weighted by Crippen LogP contribution is -2.17. The van der Waals surface area contributed by atoms with Gasteiger partial charge in [0.2, 0.25) is 6.17 Å². The van der Waals surface area contributed by atoms with E-state index in [2.05, 4.69) is 5.32 Å². The average Bonchev–Trinajstić information content (AvgIpc) is 2.24. The van der Waals surface area contributed by atoms with Gasteiger partial charge in [0, 0.05) is 0 Å². The highest BCUT2D eigenvalue weighted by atomic mass is 19.4. The molecule has 0 aliphatic rings. The third kappa shape index (κ3) is 3.48.